The van der Waals surface area contributed by atoms with Crippen LogP contribution in [0.25, 0.3) is 0 Å². The third kappa shape index (κ3) is 4.14. The fraction of sp³-hybridized carbons (Fsp3) is 0.462. The lowest BCUT2D eigenvalue weighted by Crippen LogP contribution is -2.28. The Balaban J connectivity index is 2.41. The highest BCUT2D eigenvalue weighted by Crippen LogP contribution is 2.27. The predicted molar refractivity (Wildman–Crippen MR) is 72.7 cm³/mol. The molecule has 1 aromatic carbocycles. The van der Waals surface area contributed by atoms with Crippen LogP contribution in [0, 0.1) is 0 Å². The molecule has 0 aromatic heterocycles. The molecule has 0 heterocycles. The first-order valence-electron chi connectivity index (χ1n) is 5.60. The van der Waals surface area contributed by atoms with Crippen LogP contribution in [-0.2, 0) is 4.79 Å². The highest BCUT2D eigenvalue weighted by molar-refractivity contribution is 8.01. The van der Waals surface area contributed by atoms with E-state index in [0.29, 0.717) is 23.9 Å². The molecule has 1 rings (SSSR count). The summed E-state index contributed by atoms with van der Waals surface area (Å²) in [7, 11) is 1.59. The molecule has 1 aromatic rings. The maximum absolute atomic E-state index is 10.9. The van der Waals surface area contributed by atoms with Crippen LogP contribution in [0.15, 0.2) is 24.3 Å². The van der Waals surface area contributed by atoms with E-state index in [2.05, 4.69) is 0 Å². The van der Waals surface area contributed by atoms with Crippen molar-refractivity contribution < 1.29 is 19.4 Å². The van der Waals surface area contributed by atoms with Gasteiger partial charge in [-0.05, 0) is 26.0 Å². The molecule has 1 N–H and O–H groups in total. The molecule has 0 radical (unpaired) electrons. The van der Waals surface area contributed by atoms with Crippen molar-refractivity contribution >= 4 is 17.7 Å². The summed E-state index contributed by atoms with van der Waals surface area (Å²) in [6.07, 6.45) is 0. The van der Waals surface area contributed by atoms with Crippen LogP contribution >= 0.6 is 11.8 Å². The minimum absolute atomic E-state index is 0.446. The van der Waals surface area contributed by atoms with Gasteiger partial charge < -0.3 is 14.6 Å². The van der Waals surface area contributed by atoms with Crippen molar-refractivity contribution in [2.24, 2.45) is 0 Å². The number of methoxy groups -OCH3 is 1. The van der Waals surface area contributed by atoms with Crippen LogP contribution in [0.1, 0.15) is 13.8 Å². The molecule has 18 heavy (non-hydrogen) atoms. The van der Waals surface area contributed by atoms with Gasteiger partial charge >= 0.3 is 5.97 Å². The zero-order valence-electron chi connectivity index (χ0n) is 10.8. The fourth-order valence-corrected chi connectivity index (χ4v) is 2.05. The Bertz CT molecular complexity index is 404. The molecule has 0 unspecified atom stereocenters. The second-order valence-electron chi connectivity index (χ2n) is 4.16. The lowest BCUT2D eigenvalue weighted by Gasteiger charge is -2.18. The number of para-hydroxylation sites is 2. The van der Waals surface area contributed by atoms with Gasteiger partial charge in [0.15, 0.2) is 11.5 Å². The number of benzene rings is 1. The number of ether oxygens (including phenoxy) is 2. The van der Waals surface area contributed by atoms with Gasteiger partial charge in [0.25, 0.3) is 0 Å². The van der Waals surface area contributed by atoms with E-state index in [4.69, 9.17) is 14.6 Å². The highest BCUT2D eigenvalue weighted by atomic mass is 32.2. The molecule has 100 valence electrons. The van der Waals surface area contributed by atoms with E-state index in [9.17, 15) is 4.79 Å². The third-order valence-electron chi connectivity index (χ3n) is 2.39. The minimum atomic E-state index is -0.815. The monoisotopic (exact) mass is 270 g/mol. The number of rotatable bonds is 7. The quantitative estimate of drug-likeness (QED) is 0.772. The largest absolute Gasteiger partial charge is 0.493 e. The Hall–Kier alpha value is -1.36. The number of carbonyl (C=O) groups is 1. The predicted octanol–water partition coefficient (Wildman–Crippen LogP) is 2.67. The Morgan fingerprint density at radius 1 is 1.33 bits per heavy atom. The van der Waals surface area contributed by atoms with Gasteiger partial charge in [-0.2, -0.15) is 0 Å². The highest BCUT2D eigenvalue weighted by Gasteiger charge is 2.27. The Kier molecular flexibility index (Phi) is 5.34. The number of carboxylic acid groups (broad SMARTS) is 1. The SMILES string of the molecule is COc1ccccc1OCCSC(C)(C)C(=O)O. The van der Waals surface area contributed by atoms with Crippen molar-refractivity contribution in [3.05, 3.63) is 24.3 Å². The average Bonchev–Trinajstić information content (AvgIpc) is 2.35. The summed E-state index contributed by atoms with van der Waals surface area (Å²) in [5, 5.41) is 8.96. The van der Waals surface area contributed by atoms with Crippen LogP contribution in [0.2, 0.25) is 0 Å². The van der Waals surface area contributed by atoms with E-state index in [1.807, 2.05) is 24.3 Å². The summed E-state index contributed by atoms with van der Waals surface area (Å²) >= 11 is 1.35. The Labute approximate surface area is 111 Å². The average molecular weight is 270 g/mol. The number of hydrogen-bond donors (Lipinski definition) is 1. The van der Waals surface area contributed by atoms with Gasteiger partial charge in [0.1, 0.15) is 4.75 Å². The van der Waals surface area contributed by atoms with Gasteiger partial charge in [-0.1, -0.05) is 12.1 Å². The Morgan fingerprint density at radius 3 is 2.50 bits per heavy atom. The molecule has 0 saturated carbocycles. The molecule has 0 saturated heterocycles. The summed E-state index contributed by atoms with van der Waals surface area (Å²) in [5.41, 5.74) is 0. The standard InChI is InChI=1S/C13H18O4S/c1-13(2,12(14)15)18-9-8-17-11-7-5-4-6-10(11)16-3/h4-7H,8-9H2,1-3H3,(H,14,15). The molecular formula is C13H18O4S. The van der Waals surface area contributed by atoms with E-state index in [1.54, 1.807) is 21.0 Å². The second-order valence-corrected chi connectivity index (χ2v) is 5.88. The minimum Gasteiger partial charge on any atom is -0.493 e. The van der Waals surface area contributed by atoms with Crippen LogP contribution in [0.3, 0.4) is 0 Å². The normalized spacial score (nSPS) is 11.1. The van der Waals surface area contributed by atoms with Gasteiger partial charge in [0.2, 0.25) is 0 Å². The van der Waals surface area contributed by atoms with E-state index in [-0.39, 0.29) is 0 Å². The fourth-order valence-electron chi connectivity index (χ4n) is 1.25. The lowest BCUT2D eigenvalue weighted by molar-refractivity contribution is -0.138. The second kappa shape index (κ2) is 6.54. The van der Waals surface area contributed by atoms with Gasteiger partial charge in [0, 0.05) is 5.75 Å². The van der Waals surface area contributed by atoms with Crippen LogP contribution in [0.4, 0.5) is 0 Å². The van der Waals surface area contributed by atoms with Crippen molar-refractivity contribution in [3.8, 4) is 11.5 Å². The maximum atomic E-state index is 10.9. The summed E-state index contributed by atoms with van der Waals surface area (Å²) < 4.78 is 9.93. The van der Waals surface area contributed by atoms with E-state index in [0.717, 1.165) is 0 Å². The van der Waals surface area contributed by atoms with Gasteiger partial charge in [-0.25, -0.2) is 0 Å². The van der Waals surface area contributed by atoms with E-state index >= 15 is 0 Å². The van der Waals surface area contributed by atoms with Crippen molar-refractivity contribution in [2.75, 3.05) is 19.5 Å². The summed E-state index contributed by atoms with van der Waals surface area (Å²) in [6.45, 7) is 3.81. The molecule has 0 spiro atoms. The summed E-state index contributed by atoms with van der Waals surface area (Å²) in [4.78, 5) is 10.9. The zero-order valence-corrected chi connectivity index (χ0v) is 11.6. The molecule has 0 amide bonds. The Morgan fingerprint density at radius 2 is 1.94 bits per heavy atom. The molecule has 4 nitrogen and oxygen atoms in total. The molecular weight excluding hydrogens is 252 g/mol. The van der Waals surface area contributed by atoms with Gasteiger partial charge in [-0.3, -0.25) is 4.79 Å². The molecule has 0 atom stereocenters. The van der Waals surface area contributed by atoms with Gasteiger partial charge in [-0.15, -0.1) is 11.8 Å². The van der Waals surface area contributed by atoms with Gasteiger partial charge in [0.05, 0.1) is 13.7 Å². The molecule has 0 bridgehead atoms. The smallest absolute Gasteiger partial charge is 0.319 e. The van der Waals surface area contributed by atoms with Crippen LogP contribution < -0.4 is 9.47 Å². The maximum Gasteiger partial charge on any atom is 0.319 e. The molecule has 5 heteroatoms. The van der Waals surface area contributed by atoms with Crippen molar-refractivity contribution in [3.63, 3.8) is 0 Å². The number of aliphatic carboxylic acids is 1. The van der Waals surface area contributed by atoms with Crippen LogP contribution in [-0.4, -0.2) is 35.3 Å². The molecule has 0 aliphatic heterocycles. The van der Waals surface area contributed by atoms with Crippen molar-refractivity contribution in [1.82, 2.24) is 0 Å². The molecule has 0 aliphatic rings. The summed E-state index contributed by atoms with van der Waals surface area (Å²) in [5.74, 6) is 1.15. The number of carboxylic acids is 1. The van der Waals surface area contributed by atoms with Crippen molar-refractivity contribution in [1.29, 1.82) is 0 Å². The first kappa shape index (κ1) is 14.7. The molecule has 0 fully saturated rings. The van der Waals surface area contributed by atoms with E-state index < -0.39 is 10.7 Å². The topological polar surface area (TPSA) is 55.8 Å². The van der Waals surface area contributed by atoms with E-state index in [1.165, 1.54) is 11.8 Å². The van der Waals surface area contributed by atoms with Crippen LogP contribution in [0.5, 0.6) is 11.5 Å². The first-order chi connectivity index (χ1) is 8.47. The number of thioether (sulfide) groups is 1. The third-order valence-corrected chi connectivity index (χ3v) is 3.66. The first-order valence-corrected chi connectivity index (χ1v) is 6.59. The lowest BCUT2D eigenvalue weighted by atomic mass is 10.2. The zero-order chi connectivity index (χ0) is 13.6. The molecule has 0 aliphatic carbocycles. The summed E-state index contributed by atoms with van der Waals surface area (Å²) in [6, 6.07) is 7.38. The van der Waals surface area contributed by atoms with Crippen molar-refractivity contribution in [2.45, 2.75) is 18.6 Å². The number of hydrogen-bond acceptors (Lipinski definition) is 4.